The Bertz CT molecular complexity index is 446. The molecule has 0 aliphatic carbocycles. The standard InChI is InChI=1S/C17H29N3O2/c1-5-14-6-8-15(9-7-14)16(12-21)19-17(22)18-10-11-20(4)13(2)3/h6-9,13,16,21H,5,10-12H2,1-4H3,(H2,18,19,22). The molecular weight excluding hydrogens is 278 g/mol. The highest BCUT2D eigenvalue weighted by Crippen LogP contribution is 2.13. The molecule has 0 saturated heterocycles. The maximum Gasteiger partial charge on any atom is 0.315 e. The van der Waals surface area contributed by atoms with Gasteiger partial charge in [-0.25, -0.2) is 4.79 Å². The van der Waals surface area contributed by atoms with E-state index in [0.717, 1.165) is 18.5 Å². The van der Waals surface area contributed by atoms with Gasteiger partial charge in [0.05, 0.1) is 12.6 Å². The Labute approximate surface area is 133 Å². The van der Waals surface area contributed by atoms with E-state index in [-0.39, 0.29) is 18.7 Å². The zero-order valence-corrected chi connectivity index (χ0v) is 14.1. The average Bonchev–Trinajstić information content (AvgIpc) is 2.52. The van der Waals surface area contributed by atoms with Crippen molar-refractivity contribution in [3.63, 3.8) is 0 Å². The number of aliphatic hydroxyl groups excluding tert-OH is 1. The number of hydrogen-bond donors (Lipinski definition) is 3. The molecule has 0 aliphatic rings. The van der Waals surface area contributed by atoms with Gasteiger partial charge >= 0.3 is 6.03 Å². The lowest BCUT2D eigenvalue weighted by atomic mass is 10.0. The summed E-state index contributed by atoms with van der Waals surface area (Å²) in [6, 6.07) is 7.76. The minimum Gasteiger partial charge on any atom is -0.394 e. The molecule has 3 N–H and O–H groups in total. The number of likely N-dealkylation sites (N-methyl/N-ethyl adjacent to an activating group) is 1. The fourth-order valence-corrected chi connectivity index (χ4v) is 2.03. The van der Waals surface area contributed by atoms with Crippen molar-refractivity contribution in [1.29, 1.82) is 0 Å². The topological polar surface area (TPSA) is 64.6 Å². The Morgan fingerprint density at radius 3 is 2.41 bits per heavy atom. The summed E-state index contributed by atoms with van der Waals surface area (Å²) in [4.78, 5) is 14.1. The molecule has 1 rings (SSSR count). The first-order chi connectivity index (χ1) is 10.5. The van der Waals surface area contributed by atoms with E-state index in [0.29, 0.717) is 12.6 Å². The number of aliphatic hydroxyl groups is 1. The predicted octanol–water partition coefficient (Wildman–Crippen LogP) is 1.92. The molecule has 1 atom stereocenters. The first-order valence-corrected chi connectivity index (χ1v) is 7.92. The minimum atomic E-state index is -0.381. The molecule has 2 amide bonds. The average molecular weight is 307 g/mol. The van der Waals surface area contributed by atoms with E-state index in [1.54, 1.807) is 0 Å². The fourth-order valence-electron chi connectivity index (χ4n) is 2.03. The molecule has 5 heteroatoms. The van der Waals surface area contributed by atoms with Crippen LogP contribution in [0, 0.1) is 0 Å². The van der Waals surface area contributed by atoms with Crippen LogP contribution in [0.15, 0.2) is 24.3 Å². The van der Waals surface area contributed by atoms with Crippen LogP contribution >= 0.6 is 0 Å². The van der Waals surface area contributed by atoms with Gasteiger partial charge in [0.15, 0.2) is 0 Å². The lowest BCUT2D eigenvalue weighted by molar-refractivity contribution is 0.214. The van der Waals surface area contributed by atoms with Crippen LogP contribution in [0.1, 0.15) is 37.9 Å². The van der Waals surface area contributed by atoms with Crippen molar-refractivity contribution in [2.75, 3.05) is 26.7 Å². The van der Waals surface area contributed by atoms with Crippen molar-refractivity contribution in [1.82, 2.24) is 15.5 Å². The Morgan fingerprint density at radius 2 is 1.91 bits per heavy atom. The second-order valence-corrected chi connectivity index (χ2v) is 5.80. The molecule has 0 heterocycles. The van der Waals surface area contributed by atoms with Crippen LogP contribution in [0.3, 0.4) is 0 Å². The second-order valence-electron chi connectivity index (χ2n) is 5.80. The van der Waals surface area contributed by atoms with E-state index in [9.17, 15) is 9.90 Å². The largest absolute Gasteiger partial charge is 0.394 e. The first-order valence-electron chi connectivity index (χ1n) is 7.92. The highest BCUT2D eigenvalue weighted by atomic mass is 16.3. The third-order valence-electron chi connectivity index (χ3n) is 3.91. The number of amides is 2. The molecule has 0 aliphatic heterocycles. The van der Waals surface area contributed by atoms with Gasteiger partial charge in [-0.2, -0.15) is 0 Å². The van der Waals surface area contributed by atoms with Gasteiger partial charge < -0.3 is 20.6 Å². The molecule has 1 aromatic carbocycles. The van der Waals surface area contributed by atoms with Gasteiger partial charge in [0, 0.05) is 19.1 Å². The van der Waals surface area contributed by atoms with Crippen molar-refractivity contribution < 1.29 is 9.90 Å². The van der Waals surface area contributed by atoms with Crippen molar-refractivity contribution in [2.45, 2.75) is 39.3 Å². The maximum atomic E-state index is 11.9. The number of urea groups is 1. The molecule has 0 spiro atoms. The van der Waals surface area contributed by atoms with Crippen molar-refractivity contribution in [3.05, 3.63) is 35.4 Å². The van der Waals surface area contributed by atoms with E-state index in [4.69, 9.17) is 0 Å². The Hall–Kier alpha value is -1.59. The third-order valence-corrected chi connectivity index (χ3v) is 3.91. The number of carbonyl (C=O) groups excluding carboxylic acids is 1. The summed E-state index contributed by atoms with van der Waals surface area (Å²) >= 11 is 0. The smallest absolute Gasteiger partial charge is 0.315 e. The van der Waals surface area contributed by atoms with Crippen molar-refractivity contribution in [3.8, 4) is 0 Å². The molecule has 5 nitrogen and oxygen atoms in total. The summed E-state index contributed by atoms with van der Waals surface area (Å²) < 4.78 is 0. The van der Waals surface area contributed by atoms with E-state index < -0.39 is 0 Å². The van der Waals surface area contributed by atoms with Gasteiger partial charge in [-0.1, -0.05) is 31.2 Å². The van der Waals surface area contributed by atoms with Gasteiger partial charge in [-0.15, -0.1) is 0 Å². The number of benzene rings is 1. The van der Waals surface area contributed by atoms with Crippen LogP contribution in [-0.2, 0) is 6.42 Å². The number of rotatable bonds is 8. The molecular formula is C17H29N3O2. The van der Waals surface area contributed by atoms with Gasteiger partial charge in [-0.3, -0.25) is 0 Å². The number of hydrogen-bond acceptors (Lipinski definition) is 3. The zero-order chi connectivity index (χ0) is 16.5. The number of nitrogens with one attached hydrogen (secondary N) is 2. The molecule has 0 radical (unpaired) electrons. The lowest BCUT2D eigenvalue weighted by Crippen LogP contribution is -2.42. The molecule has 22 heavy (non-hydrogen) atoms. The van der Waals surface area contributed by atoms with E-state index in [2.05, 4.69) is 36.3 Å². The van der Waals surface area contributed by atoms with Crippen LogP contribution in [0.2, 0.25) is 0 Å². The normalized spacial score (nSPS) is 12.5. The summed E-state index contributed by atoms with van der Waals surface area (Å²) in [7, 11) is 2.02. The summed E-state index contributed by atoms with van der Waals surface area (Å²) in [6.07, 6.45) is 0.974. The van der Waals surface area contributed by atoms with Crippen molar-refractivity contribution in [2.24, 2.45) is 0 Å². The molecule has 0 aromatic heterocycles. The minimum absolute atomic E-state index is 0.120. The van der Waals surface area contributed by atoms with Gasteiger partial charge in [0.25, 0.3) is 0 Å². The van der Waals surface area contributed by atoms with Gasteiger partial charge in [0.1, 0.15) is 0 Å². The summed E-state index contributed by atoms with van der Waals surface area (Å²) in [5.41, 5.74) is 2.15. The van der Waals surface area contributed by atoms with E-state index in [1.807, 2.05) is 31.3 Å². The van der Waals surface area contributed by atoms with Crippen LogP contribution in [0.25, 0.3) is 0 Å². The summed E-state index contributed by atoms with van der Waals surface area (Å²) in [5, 5.41) is 15.1. The third kappa shape index (κ3) is 6.03. The van der Waals surface area contributed by atoms with Crippen LogP contribution in [0.5, 0.6) is 0 Å². The molecule has 0 bridgehead atoms. The molecule has 0 saturated carbocycles. The quantitative estimate of drug-likeness (QED) is 0.687. The maximum absolute atomic E-state index is 11.9. The molecule has 1 unspecified atom stereocenters. The Kier molecular flexibility index (Phi) is 7.91. The zero-order valence-electron chi connectivity index (χ0n) is 14.1. The van der Waals surface area contributed by atoms with Gasteiger partial charge in [-0.05, 0) is 38.4 Å². The lowest BCUT2D eigenvalue weighted by Gasteiger charge is -2.22. The number of carbonyl (C=O) groups is 1. The fraction of sp³-hybridized carbons (Fsp3) is 0.588. The predicted molar refractivity (Wildman–Crippen MR) is 89.9 cm³/mol. The highest BCUT2D eigenvalue weighted by Gasteiger charge is 2.13. The molecule has 1 aromatic rings. The molecule has 124 valence electrons. The van der Waals surface area contributed by atoms with Crippen LogP contribution < -0.4 is 10.6 Å². The highest BCUT2D eigenvalue weighted by molar-refractivity contribution is 5.74. The van der Waals surface area contributed by atoms with Crippen molar-refractivity contribution >= 4 is 6.03 Å². The number of nitrogens with zero attached hydrogens (tertiary/aromatic N) is 1. The first kappa shape index (κ1) is 18.5. The van der Waals surface area contributed by atoms with Crippen LogP contribution in [-0.4, -0.2) is 48.8 Å². The number of aryl methyl sites for hydroxylation is 1. The monoisotopic (exact) mass is 307 g/mol. The molecule has 0 fully saturated rings. The second kappa shape index (κ2) is 9.43. The van der Waals surface area contributed by atoms with E-state index >= 15 is 0 Å². The van der Waals surface area contributed by atoms with Crippen LogP contribution in [0.4, 0.5) is 4.79 Å². The van der Waals surface area contributed by atoms with Gasteiger partial charge in [0.2, 0.25) is 0 Å². The summed E-state index contributed by atoms with van der Waals surface area (Å²) in [6.45, 7) is 7.57. The Morgan fingerprint density at radius 1 is 1.27 bits per heavy atom. The Balaban J connectivity index is 2.45. The van der Waals surface area contributed by atoms with E-state index in [1.165, 1.54) is 5.56 Å². The SMILES string of the molecule is CCc1ccc(C(CO)NC(=O)NCCN(C)C(C)C)cc1. The summed E-state index contributed by atoms with van der Waals surface area (Å²) in [5.74, 6) is 0.